The lowest BCUT2D eigenvalue weighted by atomic mass is 10.3. The maximum Gasteiger partial charge on any atom is 0.125 e. The molecular weight excluding hydrogens is 110 g/mol. The van der Waals surface area contributed by atoms with Gasteiger partial charge in [0.1, 0.15) is 11.5 Å². The first kappa shape index (κ1) is 5.25. The van der Waals surface area contributed by atoms with Crippen molar-refractivity contribution in [3.8, 4) is 0 Å². The van der Waals surface area contributed by atoms with Crippen LogP contribution in [0.15, 0.2) is 0 Å². The van der Waals surface area contributed by atoms with Gasteiger partial charge >= 0.3 is 0 Å². The molecule has 1 saturated heterocycles. The van der Waals surface area contributed by atoms with Crippen LogP contribution in [0.4, 0.5) is 0 Å². The fourth-order valence-corrected chi connectivity index (χ4v) is 2.26. The predicted octanol–water partition coefficient (Wildman–Crippen LogP) is -0.587. The molecule has 0 saturated carbocycles. The van der Waals surface area contributed by atoms with E-state index in [1.165, 1.54) is 0 Å². The van der Waals surface area contributed by atoms with E-state index in [4.69, 9.17) is 5.73 Å². The van der Waals surface area contributed by atoms with E-state index in [0.717, 1.165) is 17.9 Å². The Bertz CT molecular complexity index is 93.7. The van der Waals surface area contributed by atoms with Crippen LogP contribution < -0.4 is 5.73 Å². The van der Waals surface area contributed by atoms with E-state index in [-0.39, 0.29) is 6.04 Å². The van der Waals surface area contributed by atoms with Crippen LogP contribution in [0.2, 0.25) is 0 Å². The smallest absolute Gasteiger partial charge is 0.125 e. The molecule has 2 unspecified atom stereocenters. The van der Waals surface area contributed by atoms with Gasteiger partial charge in [-0.25, -0.2) is 0 Å². The highest BCUT2D eigenvalue weighted by Gasteiger charge is 2.21. The van der Waals surface area contributed by atoms with Crippen molar-refractivity contribution in [2.24, 2.45) is 5.73 Å². The lowest BCUT2D eigenvalue weighted by Crippen LogP contribution is -2.18. The quantitative estimate of drug-likeness (QED) is 0.343. The van der Waals surface area contributed by atoms with E-state index in [0.29, 0.717) is 0 Å². The normalized spacial score (nSPS) is 41.9. The molecule has 0 aromatic heterocycles. The minimum atomic E-state index is -0.879. The Labute approximate surface area is 45.5 Å². The third-order valence-electron chi connectivity index (χ3n) is 1.19. The van der Waals surface area contributed by atoms with Crippen molar-refractivity contribution < 1.29 is 4.21 Å². The Hall–Kier alpha value is 0.110. The third-order valence-corrected chi connectivity index (χ3v) is 2.82. The van der Waals surface area contributed by atoms with Gasteiger partial charge < -0.3 is 5.73 Å². The van der Waals surface area contributed by atoms with Gasteiger partial charge in [-0.2, -0.15) is 0 Å². The summed E-state index contributed by atoms with van der Waals surface area (Å²) in [6, 6.07) is 0.239. The molecule has 0 spiro atoms. The van der Waals surface area contributed by atoms with E-state index in [1.807, 2.05) is 0 Å². The summed E-state index contributed by atoms with van der Waals surface area (Å²) in [7, 11) is -0.879. The van der Waals surface area contributed by atoms with Crippen molar-refractivity contribution in [2.45, 2.75) is 12.5 Å². The average Bonchev–Trinajstić information content (AvgIpc) is 1.87. The summed E-state index contributed by atoms with van der Waals surface area (Å²) in [6.07, 6.45) is 0.967. The summed E-state index contributed by atoms with van der Waals surface area (Å²) in [5.41, 5.74) is 5.44. The fraction of sp³-hybridized carbons (Fsp3) is 1.00. The van der Waals surface area contributed by atoms with Crippen LogP contribution in [0, 0.1) is 0 Å². The maximum atomic E-state index is 10.5. The van der Waals surface area contributed by atoms with Crippen LogP contribution in [-0.4, -0.2) is 17.5 Å². The topological polar surface area (TPSA) is 43.1 Å². The first-order valence-corrected chi connectivity index (χ1v) is 4.09. The SMILES string of the molecule is NC1CC[SH+](=O)C1. The molecule has 1 heterocycles. The highest BCUT2D eigenvalue weighted by Crippen LogP contribution is 2.03. The zero-order valence-corrected chi connectivity index (χ0v) is 5.03. The molecule has 0 bridgehead atoms. The Kier molecular flexibility index (Phi) is 1.44. The summed E-state index contributed by atoms with van der Waals surface area (Å²) >= 11 is 0. The Morgan fingerprint density at radius 2 is 2.43 bits per heavy atom. The molecule has 1 aliphatic heterocycles. The first-order valence-electron chi connectivity index (χ1n) is 2.46. The molecule has 1 rings (SSSR count). The number of hydrogen-bond donors (Lipinski definition) is 1. The molecular formula is C4H10NOS+. The van der Waals surface area contributed by atoms with E-state index in [2.05, 4.69) is 0 Å². The van der Waals surface area contributed by atoms with Gasteiger partial charge in [-0.05, 0) is 0 Å². The van der Waals surface area contributed by atoms with Crippen LogP contribution in [0.1, 0.15) is 6.42 Å². The Morgan fingerprint density at radius 3 is 2.57 bits per heavy atom. The van der Waals surface area contributed by atoms with Crippen LogP contribution >= 0.6 is 0 Å². The second kappa shape index (κ2) is 1.92. The zero-order chi connectivity index (χ0) is 5.28. The summed E-state index contributed by atoms with van der Waals surface area (Å²) in [6.45, 7) is 0. The van der Waals surface area contributed by atoms with E-state index >= 15 is 0 Å². The van der Waals surface area contributed by atoms with E-state index in [9.17, 15) is 4.21 Å². The molecule has 1 aliphatic rings. The predicted molar refractivity (Wildman–Crippen MR) is 31.8 cm³/mol. The highest BCUT2D eigenvalue weighted by atomic mass is 32.2. The minimum Gasteiger partial charge on any atom is -0.324 e. The van der Waals surface area contributed by atoms with Crippen molar-refractivity contribution in [3.63, 3.8) is 0 Å². The van der Waals surface area contributed by atoms with Gasteiger partial charge in [0.2, 0.25) is 0 Å². The molecule has 2 N–H and O–H groups in total. The van der Waals surface area contributed by atoms with Gasteiger partial charge in [-0.15, -0.1) is 4.21 Å². The van der Waals surface area contributed by atoms with Gasteiger partial charge in [0.05, 0.1) is 16.8 Å². The number of hydrogen-bond acceptors (Lipinski definition) is 2. The Morgan fingerprint density at radius 1 is 1.71 bits per heavy atom. The lowest BCUT2D eigenvalue weighted by Gasteiger charge is -1.86. The van der Waals surface area contributed by atoms with E-state index in [1.54, 1.807) is 0 Å². The van der Waals surface area contributed by atoms with Gasteiger partial charge in [0.15, 0.2) is 0 Å². The van der Waals surface area contributed by atoms with Crippen molar-refractivity contribution in [1.29, 1.82) is 0 Å². The second-order valence-corrected chi connectivity index (χ2v) is 3.71. The first-order chi connectivity index (χ1) is 3.29. The van der Waals surface area contributed by atoms with Crippen LogP contribution in [0.3, 0.4) is 0 Å². The molecule has 42 valence electrons. The van der Waals surface area contributed by atoms with Gasteiger partial charge in [0, 0.05) is 6.42 Å². The average molecular weight is 120 g/mol. The molecule has 0 radical (unpaired) electrons. The van der Waals surface area contributed by atoms with Gasteiger partial charge in [-0.1, -0.05) is 0 Å². The van der Waals surface area contributed by atoms with Crippen molar-refractivity contribution in [2.75, 3.05) is 11.5 Å². The van der Waals surface area contributed by atoms with Gasteiger partial charge in [0.25, 0.3) is 0 Å². The summed E-state index contributed by atoms with van der Waals surface area (Å²) in [5, 5.41) is 0. The molecule has 2 atom stereocenters. The molecule has 3 heteroatoms. The summed E-state index contributed by atoms with van der Waals surface area (Å²) < 4.78 is 10.5. The minimum absolute atomic E-state index is 0.239. The molecule has 2 nitrogen and oxygen atoms in total. The van der Waals surface area contributed by atoms with Crippen LogP contribution in [0.5, 0.6) is 0 Å². The number of nitrogens with two attached hydrogens (primary N) is 1. The number of rotatable bonds is 0. The van der Waals surface area contributed by atoms with Gasteiger partial charge in [-0.3, -0.25) is 0 Å². The lowest BCUT2D eigenvalue weighted by molar-refractivity contribution is 0.598. The zero-order valence-electron chi connectivity index (χ0n) is 4.13. The van der Waals surface area contributed by atoms with Crippen LogP contribution in [-0.2, 0) is 15.0 Å². The second-order valence-electron chi connectivity index (χ2n) is 1.94. The van der Waals surface area contributed by atoms with Crippen molar-refractivity contribution >= 4 is 10.8 Å². The van der Waals surface area contributed by atoms with Crippen LogP contribution in [0.25, 0.3) is 0 Å². The summed E-state index contributed by atoms with van der Waals surface area (Å²) in [5.74, 6) is 1.62. The van der Waals surface area contributed by atoms with E-state index < -0.39 is 10.8 Å². The fourth-order valence-electron chi connectivity index (χ4n) is 0.754. The molecule has 0 amide bonds. The maximum absolute atomic E-state index is 10.5. The highest BCUT2D eigenvalue weighted by molar-refractivity contribution is 7.85. The van der Waals surface area contributed by atoms with Crippen molar-refractivity contribution in [1.82, 2.24) is 0 Å². The molecule has 0 aliphatic carbocycles. The number of thiol groups is 1. The largest absolute Gasteiger partial charge is 0.324 e. The Balaban J connectivity index is 2.40. The standard InChI is InChI=1S/C4H9NOS/c5-4-1-2-7(6)3-4/h4H,1-3,5H2/p+1. The molecule has 0 aromatic carbocycles. The monoisotopic (exact) mass is 120 g/mol. The summed E-state index contributed by atoms with van der Waals surface area (Å²) in [4.78, 5) is 0. The molecule has 7 heavy (non-hydrogen) atoms. The molecule has 1 fully saturated rings. The van der Waals surface area contributed by atoms with Crippen molar-refractivity contribution in [3.05, 3.63) is 0 Å². The third kappa shape index (κ3) is 1.24. The molecule has 0 aromatic rings.